The van der Waals surface area contributed by atoms with Crippen molar-refractivity contribution in [2.45, 2.75) is 17.5 Å². The van der Waals surface area contributed by atoms with Crippen LogP contribution in [-0.4, -0.2) is 13.9 Å². The molecule has 0 aliphatic carbocycles. The summed E-state index contributed by atoms with van der Waals surface area (Å²) in [4.78, 5) is 0. The van der Waals surface area contributed by atoms with Crippen LogP contribution in [0.2, 0.25) is 17.5 Å². The minimum atomic E-state index is -0.0417. The first kappa shape index (κ1) is 4.52. The Morgan fingerprint density at radius 3 is 1.00 bits per heavy atom. The van der Waals surface area contributed by atoms with Gasteiger partial charge < -0.3 is 0 Å². The molecule has 0 fully saturated rings. The Bertz CT molecular complexity index is 8.00. The molecule has 0 saturated heterocycles. The van der Waals surface area contributed by atoms with E-state index in [1.165, 1.54) is 0 Å². The summed E-state index contributed by atoms with van der Waals surface area (Å²) in [5, 5.41) is 0. The summed E-state index contributed by atoms with van der Waals surface area (Å²) < 4.78 is 0. The second-order valence-electron chi connectivity index (χ2n) is 1.22. The van der Waals surface area contributed by atoms with Gasteiger partial charge in [-0.25, -0.2) is 0 Å². The first-order chi connectivity index (χ1) is 1.73. The predicted molar refractivity (Wildman–Crippen MR) is 23.3 cm³/mol. The van der Waals surface area contributed by atoms with Crippen molar-refractivity contribution in [2.24, 2.45) is 0 Å². The maximum atomic E-state index is 2.29. The van der Waals surface area contributed by atoms with Crippen molar-refractivity contribution < 1.29 is 0 Å². The fourth-order valence-corrected chi connectivity index (χ4v) is 0. The maximum absolute atomic E-state index is 2.29. The fraction of sp³-hybridized carbons (Fsp3) is 1.00. The van der Waals surface area contributed by atoms with E-state index >= 15 is 0 Å². The zero-order valence-corrected chi connectivity index (χ0v) is 5.12. The molecule has 0 aliphatic heterocycles. The summed E-state index contributed by atoms with van der Waals surface area (Å²) in [6.07, 6.45) is 0. The third-order valence-corrected chi connectivity index (χ3v) is 0. The first-order valence-electron chi connectivity index (χ1n) is 1.22. The fourth-order valence-electron chi connectivity index (χ4n) is 0. The van der Waals surface area contributed by atoms with E-state index in [1.807, 2.05) is 0 Å². The van der Waals surface area contributed by atoms with Crippen LogP contribution in [-0.2, 0) is 0 Å². The van der Waals surface area contributed by atoms with Crippen LogP contribution in [0.1, 0.15) is 0 Å². The van der Waals surface area contributed by atoms with Crippen molar-refractivity contribution in [1.29, 1.82) is 0 Å². The Kier molecular flexibility index (Phi) is 2.04. The second kappa shape index (κ2) is 1.80. The molecule has 0 aromatic carbocycles. The number of hydrogen-bond acceptors (Lipinski definition) is 0. The summed E-state index contributed by atoms with van der Waals surface area (Å²) in [5.74, 6) is 6.88. The SMILES string of the molecule is C[Se+](C)C. The van der Waals surface area contributed by atoms with Crippen molar-refractivity contribution >= 4 is 13.9 Å². The van der Waals surface area contributed by atoms with Crippen molar-refractivity contribution in [2.75, 3.05) is 0 Å². The molecular weight excluding hydrogens is 115 g/mol. The van der Waals surface area contributed by atoms with Gasteiger partial charge in [-0.3, -0.25) is 0 Å². The van der Waals surface area contributed by atoms with Gasteiger partial charge in [0.05, 0.1) is 0 Å². The van der Waals surface area contributed by atoms with Crippen LogP contribution in [0.5, 0.6) is 0 Å². The van der Waals surface area contributed by atoms with Crippen LogP contribution < -0.4 is 0 Å². The Hall–Kier alpha value is 0.519. The molecule has 0 aliphatic rings. The molecule has 0 amide bonds. The Balaban J connectivity index is 2.32. The molecule has 4 heavy (non-hydrogen) atoms. The van der Waals surface area contributed by atoms with E-state index in [0.29, 0.717) is 0 Å². The van der Waals surface area contributed by atoms with Gasteiger partial charge in [-0.15, -0.1) is 0 Å². The van der Waals surface area contributed by atoms with E-state index in [4.69, 9.17) is 0 Å². The number of hydrogen-bond donors (Lipinski definition) is 0. The van der Waals surface area contributed by atoms with E-state index in [2.05, 4.69) is 17.5 Å². The van der Waals surface area contributed by atoms with E-state index in [1.54, 1.807) is 0 Å². The van der Waals surface area contributed by atoms with Crippen LogP contribution >= 0.6 is 0 Å². The van der Waals surface area contributed by atoms with E-state index < -0.39 is 0 Å². The molecule has 0 nitrogen and oxygen atoms in total. The Labute approximate surface area is 32.1 Å². The summed E-state index contributed by atoms with van der Waals surface area (Å²) >= 11 is -0.0417. The Morgan fingerprint density at radius 1 is 1.00 bits per heavy atom. The molecule has 1 heteroatoms. The predicted octanol–water partition coefficient (Wildman–Crippen LogP) is 1.37. The minimum absolute atomic E-state index is 0.0417. The molecule has 0 radical (unpaired) electrons. The van der Waals surface area contributed by atoms with Crippen LogP contribution in [0, 0.1) is 0 Å². The zero-order chi connectivity index (χ0) is 3.58. The quantitative estimate of drug-likeness (QED) is 0.428. The van der Waals surface area contributed by atoms with Gasteiger partial charge in [0.25, 0.3) is 0 Å². The van der Waals surface area contributed by atoms with Gasteiger partial charge in [0.2, 0.25) is 0 Å². The second-order valence-corrected chi connectivity index (χ2v) is 6.36. The molecule has 0 bridgehead atoms. The monoisotopic (exact) mass is 125 g/mol. The van der Waals surface area contributed by atoms with Crippen molar-refractivity contribution in [3.05, 3.63) is 0 Å². The molecule has 0 rings (SSSR count). The van der Waals surface area contributed by atoms with Crippen molar-refractivity contribution in [3.8, 4) is 0 Å². The van der Waals surface area contributed by atoms with Crippen LogP contribution in [0.3, 0.4) is 0 Å². The summed E-state index contributed by atoms with van der Waals surface area (Å²) in [5.41, 5.74) is 0. The molecule has 0 N–H and O–H groups in total. The van der Waals surface area contributed by atoms with Crippen LogP contribution in [0.15, 0.2) is 0 Å². The van der Waals surface area contributed by atoms with Gasteiger partial charge >= 0.3 is 31.4 Å². The van der Waals surface area contributed by atoms with Crippen molar-refractivity contribution in [3.63, 3.8) is 0 Å². The third kappa shape index (κ3) is 21.6. The van der Waals surface area contributed by atoms with Crippen molar-refractivity contribution in [1.82, 2.24) is 0 Å². The van der Waals surface area contributed by atoms with E-state index in [0.717, 1.165) is 0 Å². The number of rotatable bonds is 0. The van der Waals surface area contributed by atoms with Gasteiger partial charge in [-0.2, -0.15) is 0 Å². The molecular formula is C3H9Se+. The standard InChI is InChI=1S/C3H9Se/c1-4(2)3/h1-3H3/q+1. The molecule has 0 atom stereocenters. The molecule has 0 unspecified atom stereocenters. The molecule has 26 valence electrons. The summed E-state index contributed by atoms with van der Waals surface area (Å²) in [6, 6.07) is 0. The topological polar surface area (TPSA) is 0 Å². The first-order valence-corrected chi connectivity index (χ1v) is 6.36. The average Bonchev–Trinajstić information content (AvgIpc) is 0.811. The normalized spacial score (nSPS) is 9.00. The van der Waals surface area contributed by atoms with E-state index in [9.17, 15) is 0 Å². The summed E-state index contributed by atoms with van der Waals surface area (Å²) in [7, 11) is 0. The molecule has 0 heterocycles. The molecule has 0 aromatic rings. The zero-order valence-electron chi connectivity index (χ0n) is 3.41. The summed E-state index contributed by atoms with van der Waals surface area (Å²) in [6.45, 7) is 0. The Morgan fingerprint density at radius 2 is 1.00 bits per heavy atom. The van der Waals surface area contributed by atoms with Gasteiger partial charge in [-0.05, 0) is 0 Å². The van der Waals surface area contributed by atoms with Crippen LogP contribution in [0.25, 0.3) is 0 Å². The van der Waals surface area contributed by atoms with Gasteiger partial charge in [0.1, 0.15) is 0 Å². The van der Waals surface area contributed by atoms with Gasteiger partial charge in [0.15, 0.2) is 0 Å². The van der Waals surface area contributed by atoms with Crippen LogP contribution in [0.4, 0.5) is 0 Å². The average molecular weight is 124 g/mol. The van der Waals surface area contributed by atoms with E-state index in [-0.39, 0.29) is 13.9 Å². The molecule has 0 aromatic heterocycles. The van der Waals surface area contributed by atoms with Gasteiger partial charge in [0, 0.05) is 0 Å². The third-order valence-electron chi connectivity index (χ3n) is 0. The molecule has 0 saturated carbocycles. The molecule has 0 spiro atoms. The van der Waals surface area contributed by atoms with Gasteiger partial charge in [-0.1, -0.05) is 0 Å².